The molecule has 1 aromatic rings. The van der Waals surface area contributed by atoms with E-state index in [0.717, 1.165) is 0 Å². The Morgan fingerprint density at radius 1 is 1.09 bits per heavy atom. The van der Waals surface area contributed by atoms with Crippen molar-refractivity contribution < 1.29 is 33.4 Å². The zero-order valence-corrected chi connectivity index (χ0v) is 21.7. The summed E-state index contributed by atoms with van der Waals surface area (Å²) in [6, 6.07) is 6.76. The van der Waals surface area contributed by atoms with Gasteiger partial charge in [0.2, 0.25) is 5.91 Å². The van der Waals surface area contributed by atoms with Crippen LogP contribution >= 0.6 is 11.6 Å². The first-order chi connectivity index (χ1) is 16.3. The first-order valence-corrected chi connectivity index (χ1v) is 12.1. The molecule has 2 amide bonds. The SMILES string of the molecule is CCOC(=O)[C@@H]1[C@@H]2[C@@H](C(=O)Nc3ccccc3Cl)C[C@](NC(=O)OC(C)(C)C)(C(=O)OCC)[C@@]21C. The van der Waals surface area contributed by atoms with Gasteiger partial charge in [0.25, 0.3) is 0 Å². The van der Waals surface area contributed by atoms with Crippen molar-refractivity contribution in [3.05, 3.63) is 29.3 Å². The first-order valence-electron chi connectivity index (χ1n) is 11.7. The van der Waals surface area contributed by atoms with Crippen LogP contribution in [0.1, 0.15) is 48.0 Å². The highest BCUT2D eigenvalue weighted by molar-refractivity contribution is 6.33. The van der Waals surface area contributed by atoms with Crippen LogP contribution < -0.4 is 10.6 Å². The molecule has 0 aromatic heterocycles. The Morgan fingerprint density at radius 2 is 1.71 bits per heavy atom. The summed E-state index contributed by atoms with van der Waals surface area (Å²) in [5.74, 6) is -3.84. The van der Waals surface area contributed by atoms with Crippen LogP contribution in [0.3, 0.4) is 0 Å². The molecule has 0 saturated heterocycles. The molecule has 3 rings (SSSR count). The highest BCUT2D eigenvalue weighted by Gasteiger charge is 2.85. The van der Waals surface area contributed by atoms with E-state index in [0.29, 0.717) is 10.7 Å². The predicted molar refractivity (Wildman–Crippen MR) is 129 cm³/mol. The molecule has 9 nitrogen and oxygen atoms in total. The Morgan fingerprint density at radius 3 is 2.29 bits per heavy atom. The molecule has 192 valence electrons. The quantitative estimate of drug-likeness (QED) is 0.422. The van der Waals surface area contributed by atoms with Crippen LogP contribution in [-0.4, -0.2) is 48.3 Å². The lowest BCUT2D eigenvalue weighted by molar-refractivity contribution is -0.156. The zero-order chi connectivity index (χ0) is 26.2. The summed E-state index contributed by atoms with van der Waals surface area (Å²) < 4.78 is 16.0. The summed E-state index contributed by atoms with van der Waals surface area (Å²) in [6.07, 6.45) is -0.912. The van der Waals surface area contributed by atoms with E-state index in [-0.39, 0.29) is 19.6 Å². The highest BCUT2D eigenvalue weighted by atomic mass is 35.5. The Balaban J connectivity index is 2.02. The van der Waals surface area contributed by atoms with Gasteiger partial charge in [0, 0.05) is 11.3 Å². The minimum atomic E-state index is -1.67. The van der Waals surface area contributed by atoms with E-state index in [2.05, 4.69) is 10.6 Å². The zero-order valence-electron chi connectivity index (χ0n) is 20.9. The molecule has 0 aliphatic heterocycles. The normalized spacial score (nSPS) is 28.9. The molecule has 0 unspecified atom stereocenters. The second-order valence-corrected chi connectivity index (χ2v) is 10.5. The minimum absolute atomic E-state index is 0.0535. The number of anilines is 1. The van der Waals surface area contributed by atoms with Crippen LogP contribution in [0.5, 0.6) is 0 Å². The number of fused-ring (bicyclic) bond motifs is 1. The smallest absolute Gasteiger partial charge is 0.408 e. The van der Waals surface area contributed by atoms with Crippen LogP contribution in [0.2, 0.25) is 5.02 Å². The summed E-state index contributed by atoms with van der Waals surface area (Å²) in [5, 5.41) is 5.85. The van der Waals surface area contributed by atoms with Crippen LogP contribution in [-0.2, 0) is 28.6 Å². The van der Waals surface area contributed by atoms with Crippen molar-refractivity contribution in [1.82, 2.24) is 5.32 Å². The molecule has 10 heteroatoms. The van der Waals surface area contributed by atoms with Gasteiger partial charge in [-0.15, -0.1) is 0 Å². The maximum Gasteiger partial charge on any atom is 0.408 e. The van der Waals surface area contributed by atoms with E-state index >= 15 is 0 Å². The van der Waals surface area contributed by atoms with Gasteiger partial charge in [-0.2, -0.15) is 0 Å². The summed E-state index contributed by atoms with van der Waals surface area (Å²) in [4.78, 5) is 52.6. The van der Waals surface area contributed by atoms with Crippen LogP contribution in [0.25, 0.3) is 0 Å². The summed E-state index contributed by atoms with van der Waals surface area (Å²) in [5.41, 5.74) is -3.21. The number of nitrogens with one attached hydrogen (secondary N) is 2. The number of halogens is 1. The van der Waals surface area contributed by atoms with Gasteiger partial charge in [0.1, 0.15) is 11.1 Å². The summed E-state index contributed by atoms with van der Waals surface area (Å²) in [6.45, 7) is 10.3. The lowest BCUT2D eigenvalue weighted by Crippen LogP contribution is -2.61. The van der Waals surface area contributed by atoms with Gasteiger partial charge < -0.3 is 24.8 Å². The highest BCUT2D eigenvalue weighted by Crippen LogP contribution is 2.75. The summed E-state index contributed by atoms with van der Waals surface area (Å²) >= 11 is 6.21. The lowest BCUT2D eigenvalue weighted by Gasteiger charge is -2.37. The second kappa shape index (κ2) is 9.68. The molecular formula is C25H33ClN2O7. The van der Waals surface area contributed by atoms with Crippen molar-refractivity contribution in [1.29, 1.82) is 0 Å². The maximum atomic E-state index is 13.4. The van der Waals surface area contributed by atoms with Gasteiger partial charge in [0.05, 0.1) is 29.8 Å². The molecule has 35 heavy (non-hydrogen) atoms. The van der Waals surface area contributed by atoms with E-state index in [4.69, 9.17) is 25.8 Å². The number of alkyl carbamates (subject to hydrolysis) is 1. The van der Waals surface area contributed by atoms with Gasteiger partial charge >= 0.3 is 18.0 Å². The molecule has 0 bridgehead atoms. The number of carbonyl (C=O) groups is 4. The fraction of sp³-hybridized carbons (Fsp3) is 0.600. The largest absolute Gasteiger partial charge is 0.466 e. The summed E-state index contributed by atoms with van der Waals surface area (Å²) in [7, 11) is 0. The molecule has 2 saturated carbocycles. The number of carbonyl (C=O) groups excluding carboxylic acids is 4. The molecule has 2 aliphatic rings. The van der Waals surface area contributed by atoms with Crippen molar-refractivity contribution >= 4 is 41.2 Å². The number of hydrogen-bond acceptors (Lipinski definition) is 7. The van der Waals surface area contributed by atoms with Gasteiger partial charge in [-0.3, -0.25) is 9.59 Å². The van der Waals surface area contributed by atoms with Gasteiger partial charge in [0.15, 0.2) is 0 Å². The van der Waals surface area contributed by atoms with E-state index in [9.17, 15) is 19.2 Å². The predicted octanol–water partition coefficient (Wildman–Crippen LogP) is 3.94. The number of esters is 2. The van der Waals surface area contributed by atoms with Crippen LogP contribution in [0, 0.1) is 23.2 Å². The van der Waals surface area contributed by atoms with Crippen molar-refractivity contribution in [3.8, 4) is 0 Å². The Hall–Kier alpha value is -2.81. The maximum absolute atomic E-state index is 13.4. The third kappa shape index (κ3) is 4.83. The Labute approximate surface area is 210 Å². The van der Waals surface area contributed by atoms with E-state index in [1.165, 1.54) is 0 Å². The molecule has 0 spiro atoms. The molecule has 2 N–H and O–H groups in total. The third-order valence-electron chi connectivity index (χ3n) is 6.81. The number of ether oxygens (including phenoxy) is 3. The van der Waals surface area contributed by atoms with Crippen LogP contribution in [0.4, 0.5) is 10.5 Å². The Bertz CT molecular complexity index is 1020. The van der Waals surface area contributed by atoms with Crippen molar-refractivity contribution in [2.24, 2.45) is 23.2 Å². The number of para-hydroxylation sites is 1. The second-order valence-electron chi connectivity index (χ2n) is 10.1. The first kappa shape index (κ1) is 26.8. The average molecular weight is 509 g/mol. The van der Waals surface area contributed by atoms with Crippen LogP contribution in [0.15, 0.2) is 24.3 Å². The number of benzene rings is 1. The van der Waals surface area contributed by atoms with E-state index in [1.807, 2.05) is 0 Å². The van der Waals surface area contributed by atoms with E-state index in [1.54, 1.807) is 65.8 Å². The fourth-order valence-electron chi connectivity index (χ4n) is 5.36. The Kier molecular flexibility index (Phi) is 7.41. The van der Waals surface area contributed by atoms with Crippen molar-refractivity contribution in [2.75, 3.05) is 18.5 Å². The minimum Gasteiger partial charge on any atom is -0.466 e. The number of hydrogen-bond donors (Lipinski definition) is 2. The fourth-order valence-corrected chi connectivity index (χ4v) is 5.55. The third-order valence-corrected chi connectivity index (χ3v) is 7.14. The monoisotopic (exact) mass is 508 g/mol. The number of rotatable bonds is 7. The molecule has 5 atom stereocenters. The van der Waals surface area contributed by atoms with Crippen molar-refractivity contribution in [3.63, 3.8) is 0 Å². The van der Waals surface area contributed by atoms with Crippen molar-refractivity contribution in [2.45, 2.75) is 59.1 Å². The molecular weight excluding hydrogens is 476 g/mol. The van der Waals surface area contributed by atoms with Gasteiger partial charge in [-0.05, 0) is 59.1 Å². The van der Waals surface area contributed by atoms with Gasteiger partial charge in [-0.1, -0.05) is 30.7 Å². The standard InChI is InChI=1S/C25H33ClN2O7/c1-7-33-20(30)18-17-14(19(29)27-16-12-10-9-11-15(16)26)13-25(24(17,18)6,21(31)34-8-2)28-22(32)35-23(3,4)5/h9-12,14,17-18H,7-8,13H2,1-6H3,(H,27,29)(H,28,32)/t14-,17-,18-,24-,25-/m0/s1. The molecule has 2 aliphatic carbocycles. The molecule has 0 radical (unpaired) electrons. The lowest BCUT2D eigenvalue weighted by atomic mass is 9.79. The van der Waals surface area contributed by atoms with E-state index < -0.39 is 58.2 Å². The van der Waals surface area contributed by atoms with Gasteiger partial charge in [-0.25, -0.2) is 9.59 Å². The topological polar surface area (TPSA) is 120 Å². The molecule has 1 aromatic carbocycles. The molecule has 2 fully saturated rings. The average Bonchev–Trinajstić information content (AvgIpc) is 3.29. The molecule has 0 heterocycles. The number of amides is 2.